The number of benzene rings is 1. The van der Waals surface area contributed by atoms with Crippen LogP contribution in [0, 0.1) is 0 Å². The largest absolute Gasteiger partial charge is 0.417 e. The Balaban J connectivity index is 1.55. The van der Waals surface area contributed by atoms with E-state index in [0.29, 0.717) is 30.8 Å². The van der Waals surface area contributed by atoms with Crippen molar-refractivity contribution in [2.45, 2.75) is 31.2 Å². The number of rotatable bonds is 4. The molecule has 1 N–H and O–H groups in total. The van der Waals surface area contributed by atoms with Gasteiger partial charge in [0.25, 0.3) is 0 Å². The number of nitrogens with zero attached hydrogens (tertiary/aromatic N) is 2. The number of hydrogen-bond donors (Lipinski definition) is 1. The van der Waals surface area contributed by atoms with Gasteiger partial charge < -0.3 is 10.2 Å². The summed E-state index contributed by atoms with van der Waals surface area (Å²) in [7, 11) is 0. The topological polar surface area (TPSA) is 45.2 Å². The van der Waals surface area contributed by atoms with Gasteiger partial charge in [-0.2, -0.15) is 26.3 Å². The maximum Gasteiger partial charge on any atom is 0.417 e. The van der Waals surface area contributed by atoms with E-state index < -0.39 is 23.5 Å². The highest BCUT2D eigenvalue weighted by Gasteiger charge is 2.33. The molecule has 1 aromatic carbocycles. The van der Waals surface area contributed by atoms with Crippen LogP contribution in [0.3, 0.4) is 0 Å². The van der Waals surface area contributed by atoms with Gasteiger partial charge in [-0.1, -0.05) is 12.1 Å². The predicted molar refractivity (Wildman–Crippen MR) is 93.1 cm³/mol. The van der Waals surface area contributed by atoms with Crippen molar-refractivity contribution >= 4 is 11.6 Å². The van der Waals surface area contributed by atoms with Crippen LogP contribution in [0.5, 0.6) is 0 Å². The molecule has 0 spiro atoms. The average Bonchev–Trinajstić information content (AvgIpc) is 3.09. The van der Waals surface area contributed by atoms with Crippen LogP contribution in [0.4, 0.5) is 32.0 Å². The highest BCUT2D eigenvalue weighted by Crippen LogP contribution is 2.32. The third-order valence-corrected chi connectivity index (χ3v) is 4.62. The molecule has 10 heteroatoms. The number of carbonyl (C=O) groups excluding carboxylic acids is 1. The Kier molecular flexibility index (Phi) is 5.72. The standard InChI is InChI=1S/C19H17F6N3O/c20-18(21,22)13-3-1-12(2-4-13)7-17(29)27-15-5-6-28(11-15)16-8-14(9-26-10-16)19(23,24)25/h1-4,8-10,15H,5-7,11H2,(H,27,29)/t15-/m1/s1. The molecular weight excluding hydrogens is 400 g/mol. The van der Waals surface area contributed by atoms with Gasteiger partial charge in [-0.15, -0.1) is 0 Å². The Hall–Kier alpha value is -2.78. The Morgan fingerprint density at radius 1 is 1.03 bits per heavy atom. The summed E-state index contributed by atoms with van der Waals surface area (Å²) in [5, 5.41) is 2.77. The van der Waals surface area contributed by atoms with Crippen molar-refractivity contribution in [3.8, 4) is 0 Å². The summed E-state index contributed by atoms with van der Waals surface area (Å²) < 4.78 is 76.2. The van der Waals surface area contributed by atoms with E-state index in [0.717, 1.165) is 24.4 Å². The van der Waals surface area contributed by atoms with Gasteiger partial charge in [0.15, 0.2) is 0 Å². The summed E-state index contributed by atoms with van der Waals surface area (Å²) in [6.45, 7) is 0.774. The summed E-state index contributed by atoms with van der Waals surface area (Å²) in [5.41, 5.74) is -0.876. The number of halogens is 6. The number of anilines is 1. The van der Waals surface area contributed by atoms with E-state index in [1.54, 1.807) is 4.90 Å². The van der Waals surface area contributed by atoms with Crippen molar-refractivity contribution in [2.75, 3.05) is 18.0 Å². The highest BCUT2D eigenvalue weighted by molar-refractivity contribution is 5.79. The molecule has 0 saturated carbocycles. The van der Waals surface area contributed by atoms with Gasteiger partial charge >= 0.3 is 12.4 Å². The first-order chi connectivity index (χ1) is 13.5. The van der Waals surface area contributed by atoms with Crippen LogP contribution in [0.15, 0.2) is 42.7 Å². The number of carbonyl (C=O) groups is 1. The van der Waals surface area contributed by atoms with Gasteiger partial charge in [-0.3, -0.25) is 9.78 Å². The molecule has 4 nitrogen and oxygen atoms in total. The third kappa shape index (κ3) is 5.39. The van der Waals surface area contributed by atoms with Crippen LogP contribution in [0.1, 0.15) is 23.1 Å². The monoisotopic (exact) mass is 417 g/mol. The lowest BCUT2D eigenvalue weighted by Crippen LogP contribution is -2.38. The predicted octanol–water partition coefficient (Wildman–Crippen LogP) is 4.06. The van der Waals surface area contributed by atoms with Gasteiger partial charge in [0.1, 0.15) is 0 Å². The van der Waals surface area contributed by atoms with E-state index >= 15 is 0 Å². The summed E-state index contributed by atoms with van der Waals surface area (Å²) in [6, 6.07) is 5.07. The van der Waals surface area contributed by atoms with Gasteiger partial charge in [0.05, 0.1) is 29.4 Å². The van der Waals surface area contributed by atoms with Crippen molar-refractivity contribution < 1.29 is 31.1 Å². The number of hydrogen-bond acceptors (Lipinski definition) is 3. The molecular formula is C19H17F6N3O. The summed E-state index contributed by atoms with van der Waals surface area (Å²) in [4.78, 5) is 17.5. The molecule has 2 aromatic rings. The summed E-state index contributed by atoms with van der Waals surface area (Å²) in [5.74, 6) is -0.362. The Bertz CT molecular complexity index is 863. The Morgan fingerprint density at radius 2 is 1.69 bits per heavy atom. The minimum absolute atomic E-state index is 0.0836. The number of pyridine rings is 1. The molecule has 1 aromatic heterocycles. The highest BCUT2D eigenvalue weighted by atomic mass is 19.4. The fourth-order valence-corrected chi connectivity index (χ4v) is 3.14. The van der Waals surface area contributed by atoms with E-state index in [1.165, 1.54) is 18.3 Å². The molecule has 1 amide bonds. The maximum absolute atomic E-state index is 12.8. The first-order valence-electron chi connectivity index (χ1n) is 8.75. The van der Waals surface area contributed by atoms with E-state index in [4.69, 9.17) is 0 Å². The zero-order valence-corrected chi connectivity index (χ0v) is 15.0. The minimum atomic E-state index is -4.49. The Labute approximate surface area is 162 Å². The van der Waals surface area contributed by atoms with Crippen LogP contribution in [-0.2, 0) is 23.6 Å². The van der Waals surface area contributed by atoms with E-state index in [1.807, 2.05) is 0 Å². The molecule has 0 unspecified atom stereocenters. The quantitative estimate of drug-likeness (QED) is 0.764. The van der Waals surface area contributed by atoms with E-state index in [9.17, 15) is 31.1 Å². The normalized spacial score (nSPS) is 17.4. The van der Waals surface area contributed by atoms with Gasteiger partial charge in [0.2, 0.25) is 5.91 Å². The number of nitrogens with one attached hydrogen (secondary N) is 1. The maximum atomic E-state index is 12.8. The van der Waals surface area contributed by atoms with Crippen molar-refractivity contribution in [1.82, 2.24) is 10.3 Å². The second-order valence-corrected chi connectivity index (χ2v) is 6.80. The van der Waals surface area contributed by atoms with Crippen LogP contribution in [-0.4, -0.2) is 30.0 Å². The van der Waals surface area contributed by atoms with Crippen molar-refractivity contribution in [3.63, 3.8) is 0 Å². The molecule has 0 radical (unpaired) electrons. The van der Waals surface area contributed by atoms with Crippen LogP contribution in [0.25, 0.3) is 0 Å². The number of amides is 1. The molecule has 1 fully saturated rings. The molecule has 2 heterocycles. The van der Waals surface area contributed by atoms with E-state index in [-0.39, 0.29) is 18.4 Å². The van der Waals surface area contributed by atoms with Crippen LogP contribution >= 0.6 is 0 Å². The smallest absolute Gasteiger partial charge is 0.368 e. The van der Waals surface area contributed by atoms with Gasteiger partial charge in [-0.05, 0) is 30.2 Å². The van der Waals surface area contributed by atoms with Gasteiger partial charge in [-0.25, -0.2) is 0 Å². The van der Waals surface area contributed by atoms with Crippen molar-refractivity contribution in [2.24, 2.45) is 0 Å². The molecule has 29 heavy (non-hydrogen) atoms. The zero-order valence-electron chi connectivity index (χ0n) is 15.0. The lowest BCUT2D eigenvalue weighted by atomic mass is 10.1. The van der Waals surface area contributed by atoms with Crippen molar-refractivity contribution in [3.05, 3.63) is 59.4 Å². The fourth-order valence-electron chi connectivity index (χ4n) is 3.14. The molecule has 1 aliphatic heterocycles. The lowest BCUT2D eigenvalue weighted by molar-refractivity contribution is -0.138. The molecule has 1 aliphatic rings. The second kappa shape index (κ2) is 7.92. The number of alkyl halides is 6. The molecule has 1 atom stereocenters. The molecule has 1 saturated heterocycles. The van der Waals surface area contributed by atoms with Crippen molar-refractivity contribution in [1.29, 1.82) is 0 Å². The first kappa shape index (κ1) is 20.9. The molecule has 0 aliphatic carbocycles. The lowest BCUT2D eigenvalue weighted by Gasteiger charge is -2.20. The molecule has 156 valence electrons. The SMILES string of the molecule is O=C(Cc1ccc(C(F)(F)F)cc1)N[C@@H]1CCN(c2cncc(C(F)(F)F)c2)C1. The summed E-state index contributed by atoms with van der Waals surface area (Å²) in [6.07, 6.45) is -6.39. The third-order valence-electron chi connectivity index (χ3n) is 4.62. The van der Waals surface area contributed by atoms with Gasteiger partial charge in [0, 0.05) is 25.3 Å². The first-order valence-corrected chi connectivity index (χ1v) is 8.75. The Morgan fingerprint density at radius 3 is 2.31 bits per heavy atom. The van der Waals surface area contributed by atoms with Crippen LogP contribution in [0.2, 0.25) is 0 Å². The summed E-state index contributed by atoms with van der Waals surface area (Å²) >= 11 is 0. The minimum Gasteiger partial charge on any atom is -0.368 e. The average molecular weight is 417 g/mol. The zero-order chi connectivity index (χ0) is 21.2. The fraction of sp³-hybridized carbons (Fsp3) is 0.368. The second-order valence-electron chi connectivity index (χ2n) is 6.80. The molecule has 3 rings (SSSR count). The molecule has 0 bridgehead atoms. The van der Waals surface area contributed by atoms with Crippen LogP contribution < -0.4 is 10.2 Å². The van der Waals surface area contributed by atoms with E-state index in [2.05, 4.69) is 10.3 Å². The number of aromatic nitrogens is 1.